The molecule has 5 aromatic rings. The van der Waals surface area contributed by atoms with E-state index in [2.05, 4.69) is 0 Å². The minimum Gasteiger partial charge on any atom is -0.268 e. The number of aromatic nitrogens is 2. The monoisotopic (exact) mass is 436 g/mol. The Kier molecular flexibility index (Phi) is 4.03. The van der Waals surface area contributed by atoms with Gasteiger partial charge in [0.2, 0.25) is 0 Å². The van der Waals surface area contributed by atoms with Crippen molar-refractivity contribution in [1.82, 2.24) is 9.13 Å². The molecule has 0 spiro atoms. The molecule has 0 aliphatic heterocycles. The third kappa shape index (κ3) is 2.32. The summed E-state index contributed by atoms with van der Waals surface area (Å²) >= 11 is 12.9. The molecule has 0 saturated carbocycles. The van der Waals surface area contributed by atoms with Crippen molar-refractivity contribution in [3.05, 3.63) is 112 Å². The Morgan fingerprint density at radius 3 is 1.00 bits per heavy atom. The van der Waals surface area contributed by atoms with Crippen molar-refractivity contribution in [3.8, 4) is 11.4 Å². The molecule has 8 heteroatoms. The first-order chi connectivity index (χ1) is 14.4. The first-order valence-corrected chi connectivity index (χ1v) is 9.61. The van der Waals surface area contributed by atoms with E-state index in [1.807, 2.05) is 0 Å². The number of hydrogen-bond acceptors (Lipinski definition) is 4. The van der Waals surface area contributed by atoms with Crippen molar-refractivity contribution in [3.63, 3.8) is 0 Å². The smallest absolute Gasteiger partial charge is 0.267 e. The maximum atomic E-state index is 13.1. The Morgan fingerprint density at radius 1 is 0.467 bits per heavy atom. The molecule has 30 heavy (non-hydrogen) atoms. The van der Waals surface area contributed by atoms with E-state index in [-0.39, 0.29) is 31.6 Å². The summed E-state index contributed by atoms with van der Waals surface area (Å²) in [5, 5.41) is -1.21. The number of rotatable bonds is 2. The van der Waals surface area contributed by atoms with E-state index in [0.717, 1.165) is 9.13 Å². The van der Waals surface area contributed by atoms with Crippen LogP contribution in [0.5, 0.6) is 0 Å². The average Bonchev–Trinajstić information content (AvgIpc) is 3.17. The lowest BCUT2D eigenvalue weighted by Crippen LogP contribution is -2.24. The predicted octanol–water partition coefficient (Wildman–Crippen LogP) is 3.20. The Bertz CT molecular complexity index is 1470. The molecule has 0 amide bonds. The molecule has 146 valence electrons. The molecule has 0 saturated heterocycles. The zero-order chi connectivity index (χ0) is 21.2. The molecule has 0 fully saturated rings. The van der Waals surface area contributed by atoms with Gasteiger partial charge in [-0.3, -0.25) is 19.2 Å². The highest BCUT2D eigenvalue weighted by Gasteiger charge is 2.28. The molecule has 6 nitrogen and oxygen atoms in total. The van der Waals surface area contributed by atoms with Crippen LogP contribution < -0.4 is 22.2 Å². The first-order valence-electron chi connectivity index (χ1n) is 8.86. The summed E-state index contributed by atoms with van der Waals surface area (Å²) in [6, 6.07) is 16.5. The molecule has 0 aliphatic carbocycles. The Balaban J connectivity index is 2.01. The summed E-state index contributed by atoms with van der Waals surface area (Å²) in [5.74, 6) is 0. The van der Waals surface area contributed by atoms with Gasteiger partial charge in [0.1, 0.15) is 0 Å². The van der Waals surface area contributed by atoms with Crippen LogP contribution in [-0.4, -0.2) is 9.13 Å². The van der Waals surface area contributed by atoms with Crippen LogP contribution in [0.4, 0.5) is 0 Å². The summed E-state index contributed by atoms with van der Waals surface area (Å²) in [4.78, 5) is 52.3. The van der Waals surface area contributed by atoms with Crippen LogP contribution in [0.1, 0.15) is 0 Å². The van der Waals surface area contributed by atoms with E-state index >= 15 is 0 Å². The second-order valence-electron chi connectivity index (χ2n) is 6.69. The zero-order valence-electron chi connectivity index (χ0n) is 15.1. The lowest BCUT2D eigenvalue weighted by molar-refractivity contribution is 0.988. The predicted molar refractivity (Wildman–Crippen MR) is 118 cm³/mol. The third-order valence-electron chi connectivity index (χ3n) is 5.07. The van der Waals surface area contributed by atoms with Gasteiger partial charge in [-0.25, -0.2) is 9.13 Å². The van der Waals surface area contributed by atoms with E-state index in [0.29, 0.717) is 11.4 Å². The highest BCUT2D eigenvalue weighted by Crippen LogP contribution is 2.34. The van der Waals surface area contributed by atoms with Gasteiger partial charge in [-0.2, -0.15) is 0 Å². The van der Waals surface area contributed by atoms with Crippen molar-refractivity contribution in [2.75, 3.05) is 0 Å². The molecule has 2 heterocycles. The number of halogens is 2. The molecule has 0 bridgehead atoms. The van der Waals surface area contributed by atoms with Gasteiger partial charge in [-0.15, -0.1) is 0 Å². The molecule has 5 rings (SSSR count). The molecule has 3 aromatic carbocycles. The van der Waals surface area contributed by atoms with E-state index in [1.165, 1.54) is 0 Å². The highest BCUT2D eigenvalue weighted by molar-refractivity contribution is 6.47. The third-order valence-corrected chi connectivity index (χ3v) is 5.83. The summed E-state index contributed by atoms with van der Waals surface area (Å²) in [7, 11) is 0. The van der Waals surface area contributed by atoms with Crippen molar-refractivity contribution >= 4 is 44.7 Å². The quantitative estimate of drug-likeness (QED) is 0.425. The highest BCUT2D eigenvalue weighted by atomic mass is 35.5. The van der Waals surface area contributed by atoms with Gasteiger partial charge in [-0.1, -0.05) is 59.6 Å². The number of hydrogen-bond donors (Lipinski definition) is 0. The molecular formula is C22H10Cl2N2O4. The van der Waals surface area contributed by atoms with Crippen molar-refractivity contribution in [1.29, 1.82) is 0 Å². The fraction of sp³-hybridized carbons (Fsp3) is 0. The molecule has 2 aromatic heterocycles. The number of fused-ring (bicyclic) bond motifs is 2. The van der Waals surface area contributed by atoms with Gasteiger partial charge in [-0.05, 0) is 24.3 Å². The van der Waals surface area contributed by atoms with E-state index in [4.69, 9.17) is 23.2 Å². The van der Waals surface area contributed by atoms with Gasteiger partial charge < -0.3 is 0 Å². The largest absolute Gasteiger partial charge is 0.268 e. The first kappa shape index (κ1) is 18.5. The number of para-hydroxylation sites is 2. The Morgan fingerprint density at radius 2 is 0.733 bits per heavy atom. The lowest BCUT2D eigenvalue weighted by Gasteiger charge is -1.98. The molecule has 0 N–H and O–H groups in total. The van der Waals surface area contributed by atoms with Crippen LogP contribution in [-0.2, 0) is 0 Å². The van der Waals surface area contributed by atoms with Gasteiger partial charge in [0.25, 0.3) is 22.2 Å². The number of nitrogens with zero attached hydrogens (tertiary/aromatic N) is 2. The minimum absolute atomic E-state index is 0.176. The van der Waals surface area contributed by atoms with E-state index < -0.39 is 22.2 Å². The van der Waals surface area contributed by atoms with Crippen LogP contribution in [0.2, 0.25) is 10.0 Å². The summed E-state index contributed by atoms with van der Waals surface area (Å²) in [6.07, 6.45) is 0. The van der Waals surface area contributed by atoms with Crippen LogP contribution in [0, 0.1) is 0 Å². The van der Waals surface area contributed by atoms with Gasteiger partial charge in [0, 0.05) is 0 Å². The summed E-state index contributed by atoms with van der Waals surface area (Å²) in [6.45, 7) is 0. The molecule has 0 aliphatic rings. The fourth-order valence-corrected chi connectivity index (χ4v) is 4.45. The average molecular weight is 437 g/mol. The van der Waals surface area contributed by atoms with Gasteiger partial charge in [0.15, 0.2) is 0 Å². The number of benzene rings is 3. The lowest BCUT2D eigenvalue weighted by atomic mass is 10.1. The Labute approximate surface area is 177 Å². The SMILES string of the molecule is O=c1c2c(Cl)c3c(=O)n(-c4ccccc4)c(=O)c3c(Cl)c2c(=O)n1-c1ccccc1. The summed E-state index contributed by atoms with van der Waals surface area (Å²) in [5.41, 5.74) is -2.13. The molecule has 0 radical (unpaired) electrons. The molecular weight excluding hydrogens is 427 g/mol. The topological polar surface area (TPSA) is 78.1 Å². The minimum atomic E-state index is -0.700. The van der Waals surface area contributed by atoms with Crippen molar-refractivity contribution < 1.29 is 0 Å². The van der Waals surface area contributed by atoms with Crippen molar-refractivity contribution in [2.24, 2.45) is 0 Å². The van der Waals surface area contributed by atoms with E-state index in [9.17, 15) is 19.2 Å². The second kappa shape index (κ2) is 6.52. The van der Waals surface area contributed by atoms with Gasteiger partial charge >= 0.3 is 0 Å². The molecule has 0 unspecified atom stereocenters. The Hall–Kier alpha value is -3.48. The van der Waals surface area contributed by atoms with E-state index in [1.54, 1.807) is 60.7 Å². The van der Waals surface area contributed by atoms with Crippen LogP contribution in [0.25, 0.3) is 32.9 Å². The molecule has 0 atom stereocenters. The normalized spacial score (nSPS) is 11.5. The summed E-state index contributed by atoms with van der Waals surface area (Å²) < 4.78 is 1.86. The maximum absolute atomic E-state index is 13.1. The van der Waals surface area contributed by atoms with Crippen LogP contribution >= 0.6 is 23.2 Å². The van der Waals surface area contributed by atoms with Crippen LogP contribution in [0.15, 0.2) is 79.8 Å². The van der Waals surface area contributed by atoms with Crippen LogP contribution in [0.3, 0.4) is 0 Å². The van der Waals surface area contributed by atoms with Gasteiger partial charge in [0.05, 0.1) is 43.0 Å². The second-order valence-corrected chi connectivity index (χ2v) is 7.45. The standard InChI is InChI=1S/C22H10Cl2N2O4/c23-17-13-14(20(28)25(19(13)27)11-7-3-1-4-8-11)18(24)16-15(17)21(29)26(22(16)30)12-9-5-2-6-10-12/h1-10H. The maximum Gasteiger partial charge on any atom is 0.267 e. The fourth-order valence-electron chi connectivity index (χ4n) is 3.75. The zero-order valence-corrected chi connectivity index (χ0v) is 16.6. The van der Waals surface area contributed by atoms with Crippen molar-refractivity contribution in [2.45, 2.75) is 0 Å².